The van der Waals surface area contributed by atoms with Gasteiger partial charge in [0.05, 0.1) is 17.2 Å². The second-order valence-electron chi connectivity index (χ2n) is 3.93. The molecule has 0 unspecified atom stereocenters. The van der Waals surface area contributed by atoms with Gasteiger partial charge >= 0.3 is 5.97 Å². The monoisotopic (exact) mass is 283 g/mol. The fourth-order valence-corrected chi connectivity index (χ4v) is 1.56. The van der Waals surface area contributed by atoms with Gasteiger partial charge in [-0.25, -0.2) is 4.79 Å². The molecule has 0 aliphatic rings. The minimum Gasteiger partial charge on any atom is -0.489 e. The number of ether oxygens (including phenoxy) is 1. The third kappa shape index (κ3) is 5.00. The molecule has 0 bridgehead atoms. The van der Waals surface area contributed by atoms with E-state index in [-0.39, 0.29) is 5.56 Å². The van der Waals surface area contributed by atoms with Crippen LogP contribution in [-0.2, 0) is 6.61 Å². The Morgan fingerprint density at radius 3 is 2.43 bits per heavy atom. The molecule has 0 fully saturated rings. The van der Waals surface area contributed by atoms with Crippen molar-refractivity contribution in [2.45, 2.75) is 20.5 Å². The van der Waals surface area contributed by atoms with Gasteiger partial charge in [-0.2, -0.15) is 5.26 Å². The lowest BCUT2D eigenvalue weighted by atomic mass is 10.1. The zero-order chi connectivity index (χ0) is 15.7. The molecule has 2 rings (SSSR count). The molecule has 1 N–H and O–H groups in total. The summed E-state index contributed by atoms with van der Waals surface area (Å²) in [5.41, 5.74) is 1.70. The number of rotatable bonds is 4. The fourth-order valence-electron chi connectivity index (χ4n) is 1.56. The van der Waals surface area contributed by atoms with Crippen molar-refractivity contribution >= 4 is 5.97 Å². The largest absolute Gasteiger partial charge is 0.489 e. The van der Waals surface area contributed by atoms with E-state index in [1.54, 1.807) is 36.4 Å². The van der Waals surface area contributed by atoms with Gasteiger partial charge in [-0.3, -0.25) is 0 Å². The molecule has 4 nitrogen and oxygen atoms in total. The second-order valence-corrected chi connectivity index (χ2v) is 3.93. The van der Waals surface area contributed by atoms with Gasteiger partial charge in [0.2, 0.25) is 0 Å². The van der Waals surface area contributed by atoms with Gasteiger partial charge in [-0.05, 0) is 35.9 Å². The maximum Gasteiger partial charge on any atom is 0.335 e. The van der Waals surface area contributed by atoms with Crippen LogP contribution in [0.3, 0.4) is 0 Å². The molecular weight excluding hydrogens is 266 g/mol. The fraction of sp³-hybridized carbons (Fsp3) is 0.176. The Bertz CT molecular complexity index is 627. The van der Waals surface area contributed by atoms with Crippen molar-refractivity contribution in [2.75, 3.05) is 0 Å². The summed E-state index contributed by atoms with van der Waals surface area (Å²) < 4.78 is 5.51. The molecule has 4 heteroatoms. The molecule has 0 atom stereocenters. The molecule has 2 aromatic carbocycles. The van der Waals surface area contributed by atoms with E-state index in [1.807, 2.05) is 19.9 Å². The van der Waals surface area contributed by atoms with Crippen molar-refractivity contribution in [3.63, 3.8) is 0 Å². The Morgan fingerprint density at radius 1 is 1.19 bits per heavy atom. The Kier molecular flexibility index (Phi) is 6.49. The lowest BCUT2D eigenvalue weighted by molar-refractivity contribution is 0.0696. The van der Waals surface area contributed by atoms with E-state index in [0.717, 1.165) is 5.56 Å². The Morgan fingerprint density at radius 2 is 1.86 bits per heavy atom. The van der Waals surface area contributed by atoms with Gasteiger partial charge in [0.1, 0.15) is 12.4 Å². The molecule has 0 heterocycles. The number of carbonyl (C=O) groups is 1. The van der Waals surface area contributed by atoms with Gasteiger partial charge in [0.25, 0.3) is 0 Å². The first kappa shape index (κ1) is 16.3. The molecule has 0 saturated heterocycles. The van der Waals surface area contributed by atoms with Crippen molar-refractivity contribution in [3.8, 4) is 11.8 Å². The van der Waals surface area contributed by atoms with E-state index in [1.165, 1.54) is 12.1 Å². The molecule has 0 saturated carbocycles. The van der Waals surface area contributed by atoms with Crippen LogP contribution in [0.15, 0.2) is 48.5 Å². The van der Waals surface area contributed by atoms with Crippen molar-refractivity contribution in [2.24, 2.45) is 0 Å². The smallest absolute Gasteiger partial charge is 0.335 e. The third-order valence-corrected chi connectivity index (χ3v) is 2.57. The second kappa shape index (κ2) is 8.39. The highest BCUT2D eigenvalue weighted by atomic mass is 16.5. The highest BCUT2D eigenvalue weighted by molar-refractivity contribution is 5.87. The van der Waals surface area contributed by atoms with Crippen molar-refractivity contribution in [1.82, 2.24) is 0 Å². The summed E-state index contributed by atoms with van der Waals surface area (Å²) in [4.78, 5) is 10.8. The number of aromatic carboxylic acids is 1. The minimum atomic E-state index is -0.983. The normalized spacial score (nSPS) is 9.00. The summed E-state index contributed by atoms with van der Waals surface area (Å²) in [5.74, 6) is -0.479. The Labute approximate surface area is 124 Å². The van der Waals surface area contributed by atoms with E-state index in [9.17, 15) is 4.79 Å². The lowest BCUT2D eigenvalue weighted by Gasteiger charge is -2.07. The zero-order valence-corrected chi connectivity index (χ0v) is 12.0. The number of carboxylic acids is 1. The number of benzene rings is 2. The van der Waals surface area contributed by atoms with Crippen LogP contribution in [0.4, 0.5) is 0 Å². The van der Waals surface area contributed by atoms with Crippen LogP contribution in [0, 0.1) is 11.3 Å². The van der Waals surface area contributed by atoms with Crippen molar-refractivity contribution in [3.05, 3.63) is 65.2 Å². The van der Waals surface area contributed by atoms with Crippen LogP contribution in [0.25, 0.3) is 0 Å². The van der Waals surface area contributed by atoms with Crippen LogP contribution in [0.1, 0.15) is 35.3 Å². The summed E-state index contributed by atoms with van der Waals surface area (Å²) in [6.07, 6.45) is 0. The number of carboxylic acid groups (broad SMARTS) is 1. The van der Waals surface area contributed by atoms with Crippen molar-refractivity contribution < 1.29 is 14.6 Å². The minimum absolute atomic E-state index is 0.192. The van der Waals surface area contributed by atoms with Crippen LogP contribution < -0.4 is 4.74 Å². The predicted molar refractivity (Wildman–Crippen MR) is 80.2 cm³/mol. The highest BCUT2D eigenvalue weighted by Crippen LogP contribution is 2.15. The van der Waals surface area contributed by atoms with Gasteiger partial charge in [-0.1, -0.05) is 32.0 Å². The maximum atomic E-state index is 10.8. The van der Waals surface area contributed by atoms with Gasteiger partial charge in [0, 0.05) is 0 Å². The van der Waals surface area contributed by atoms with E-state index in [0.29, 0.717) is 17.9 Å². The first-order valence-corrected chi connectivity index (χ1v) is 6.64. The van der Waals surface area contributed by atoms with E-state index < -0.39 is 5.97 Å². The van der Waals surface area contributed by atoms with Crippen LogP contribution in [0.5, 0.6) is 5.75 Å². The molecule has 0 radical (unpaired) electrons. The number of hydrogen-bond acceptors (Lipinski definition) is 3. The zero-order valence-electron chi connectivity index (χ0n) is 12.0. The van der Waals surface area contributed by atoms with E-state index in [2.05, 4.69) is 0 Å². The summed E-state index contributed by atoms with van der Waals surface area (Å²) in [6, 6.07) is 15.4. The molecule has 21 heavy (non-hydrogen) atoms. The molecule has 0 aromatic heterocycles. The van der Waals surface area contributed by atoms with Crippen LogP contribution in [0.2, 0.25) is 0 Å². The Hall–Kier alpha value is -2.80. The van der Waals surface area contributed by atoms with Gasteiger partial charge in [0.15, 0.2) is 0 Å². The maximum absolute atomic E-state index is 10.8. The van der Waals surface area contributed by atoms with Gasteiger partial charge in [-0.15, -0.1) is 0 Å². The van der Waals surface area contributed by atoms with Gasteiger partial charge < -0.3 is 9.84 Å². The molecule has 0 aliphatic carbocycles. The molecular formula is C17H17NO3. The SMILES string of the molecule is CC.N#Cc1ccc(COc2cccc(C(=O)O)c2)cc1. The summed E-state index contributed by atoms with van der Waals surface area (Å²) in [7, 11) is 0. The summed E-state index contributed by atoms with van der Waals surface area (Å²) in [6.45, 7) is 4.33. The third-order valence-electron chi connectivity index (χ3n) is 2.57. The molecule has 2 aromatic rings. The van der Waals surface area contributed by atoms with E-state index >= 15 is 0 Å². The first-order chi connectivity index (χ1) is 10.2. The topological polar surface area (TPSA) is 70.3 Å². The number of nitrogens with zero attached hydrogens (tertiary/aromatic N) is 1. The quantitative estimate of drug-likeness (QED) is 0.924. The average Bonchev–Trinajstić information content (AvgIpc) is 2.55. The molecule has 0 aliphatic heterocycles. The first-order valence-electron chi connectivity index (χ1n) is 6.64. The highest BCUT2D eigenvalue weighted by Gasteiger charge is 2.04. The standard InChI is InChI=1S/C15H11NO3.C2H6/c16-9-11-4-6-12(7-5-11)10-19-14-3-1-2-13(8-14)15(17)18;1-2/h1-8H,10H2,(H,17,18);1-2H3. The summed E-state index contributed by atoms with van der Waals surface area (Å²) >= 11 is 0. The summed E-state index contributed by atoms with van der Waals surface area (Å²) in [5, 5.41) is 17.5. The molecule has 0 amide bonds. The molecule has 0 spiro atoms. The average molecular weight is 283 g/mol. The van der Waals surface area contributed by atoms with Crippen LogP contribution >= 0.6 is 0 Å². The van der Waals surface area contributed by atoms with Crippen LogP contribution in [-0.4, -0.2) is 11.1 Å². The molecule has 108 valence electrons. The Balaban J connectivity index is 0.00000106. The number of nitriles is 1. The van der Waals surface area contributed by atoms with E-state index in [4.69, 9.17) is 15.1 Å². The number of hydrogen-bond donors (Lipinski definition) is 1. The predicted octanol–water partition coefficient (Wildman–Crippen LogP) is 3.86. The van der Waals surface area contributed by atoms with Crippen molar-refractivity contribution in [1.29, 1.82) is 5.26 Å². The lowest BCUT2D eigenvalue weighted by Crippen LogP contribution is -1.99.